The van der Waals surface area contributed by atoms with Crippen LogP contribution in [0.15, 0.2) is 0 Å². The molecule has 1 heterocycles. The Hall–Kier alpha value is -1.12. The van der Waals surface area contributed by atoms with Crippen LogP contribution in [0.25, 0.3) is 0 Å². The Morgan fingerprint density at radius 1 is 1.44 bits per heavy atom. The fourth-order valence-corrected chi connectivity index (χ4v) is 1.85. The van der Waals surface area contributed by atoms with Crippen molar-refractivity contribution in [2.45, 2.75) is 20.3 Å². The third-order valence-corrected chi connectivity index (χ3v) is 3.30. The van der Waals surface area contributed by atoms with Gasteiger partial charge in [-0.3, -0.25) is 9.69 Å². The lowest BCUT2D eigenvalue weighted by Crippen LogP contribution is -2.49. The molecule has 0 bridgehead atoms. The maximum atomic E-state index is 12.0. The molecule has 0 aromatic carbocycles. The van der Waals surface area contributed by atoms with Crippen LogP contribution >= 0.6 is 0 Å². The van der Waals surface area contributed by atoms with E-state index < -0.39 is 0 Å². The molecular formula is C13H24N4O. The number of hydrogen-bond acceptors (Lipinski definition) is 4. The van der Waals surface area contributed by atoms with Crippen LogP contribution < -0.4 is 5.32 Å². The number of rotatable bonds is 5. The minimum absolute atomic E-state index is 0.189. The standard InChI is InChI=1S/C13H24N4O/c1-13(2,11-14)4-7-16(3)10-12(18)17-8-5-15-6-9-17/h15H,4-10H2,1-3H3. The number of likely N-dealkylation sites (N-methyl/N-ethyl adjacent to an activating group) is 1. The zero-order valence-electron chi connectivity index (χ0n) is 11.7. The molecule has 5 heteroatoms. The third kappa shape index (κ3) is 5.03. The topological polar surface area (TPSA) is 59.4 Å². The fourth-order valence-electron chi connectivity index (χ4n) is 1.85. The van der Waals surface area contributed by atoms with E-state index in [1.165, 1.54) is 0 Å². The number of carbonyl (C=O) groups is 1. The van der Waals surface area contributed by atoms with Crippen LogP contribution in [0.2, 0.25) is 0 Å². The van der Waals surface area contributed by atoms with E-state index in [-0.39, 0.29) is 11.3 Å². The Morgan fingerprint density at radius 3 is 2.61 bits per heavy atom. The van der Waals surface area contributed by atoms with Crippen molar-refractivity contribution in [1.82, 2.24) is 15.1 Å². The first-order valence-electron chi connectivity index (χ1n) is 6.53. The van der Waals surface area contributed by atoms with E-state index in [0.29, 0.717) is 6.54 Å². The average Bonchev–Trinajstić information content (AvgIpc) is 2.37. The largest absolute Gasteiger partial charge is 0.339 e. The normalized spacial score (nSPS) is 16.7. The van der Waals surface area contributed by atoms with Crippen molar-refractivity contribution in [3.05, 3.63) is 0 Å². The zero-order valence-corrected chi connectivity index (χ0v) is 11.7. The van der Waals surface area contributed by atoms with Gasteiger partial charge in [-0.25, -0.2) is 0 Å². The number of amides is 1. The minimum atomic E-state index is -0.313. The average molecular weight is 252 g/mol. The second-order valence-corrected chi connectivity index (χ2v) is 5.61. The lowest BCUT2D eigenvalue weighted by molar-refractivity contribution is -0.132. The van der Waals surface area contributed by atoms with E-state index in [1.807, 2.05) is 30.7 Å². The summed E-state index contributed by atoms with van der Waals surface area (Å²) in [6.07, 6.45) is 0.787. The smallest absolute Gasteiger partial charge is 0.236 e. The highest BCUT2D eigenvalue weighted by Gasteiger charge is 2.20. The molecule has 0 aromatic heterocycles. The summed E-state index contributed by atoms with van der Waals surface area (Å²) >= 11 is 0. The Labute approximate surface area is 110 Å². The number of nitrogens with one attached hydrogen (secondary N) is 1. The maximum absolute atomic E-state index is 12.0. The van der Waals surface area contributed by atoms with Crippen LogP contribution in [0.5, 0.6) is 0 Å². The molecular weight excluding hydrogens is 228 g/mol. The third-order valence-electron chi connectivity index (χ3n) is 3.30. The molecule has 18 heavy (non-hydrogen) atoms. The number of nitriles is 1. The first-order valence-corrected chi connectivity index (χ1v) is 6.53. The Morgan fingerprint density at radius 2 is 2.06 bits per heavy atom. The Kier molecular flexibility index (Phi) is 5.57. The van der Waals surface area contributed by atoms with E-state index >= 15 is 0 Å². The summed E-state index contributed by atoms with van der Waals surface area (Å²) in [5, 5.41) is 12.2. The molecule has 1 amide bonds. The van der Waals surface area contributed by atoms with E-state index in [1.54, 1.807) is 0 Å². The minimum Gasteiger partial charge on any atom is -0.339 e. The Bertz CT molecular complexity index is 315. The molecule has 0 aliphatic carbocycles. The summed E-state index contributed by atoms with van der Waals surface area (Å²) in [5.41, 5.74) is -0.313. The van der Waals surface area contributed by atoms with E-state index in [0.717, 1.165) is 39.1 Å². The van der Waals surface area contributed by atoms with Gasteiger partial charge in [-0.15, -0.1) is 0 Å². The van der Waals surface area contributed by atoms with Crippen LogP contribution in [-0.2, 0) is 4.79 Å². The number of hydrogen-bond donors (Lipinski definition) is 1. The first kappa shape index (κ1) is 14.9. The molecule has 1 fully saturated rings. The van der Waals surface area contributed by atoms with E-state index in [2.05, 4.69) is 11.4 Å². The van der Waals surface area contributed by atoms with Gasteiger partial charge in [0.05, 0.1) is 18.0 Å². The van der Waals surface area contributed by atoms with Crippen molar-refractivity contribution in [2.75, 3.05) is 46.3 Å². The van der Waals surface area contributed by atoms with Gasteiger partial charge in [0.1, 0.15) is 0 Å². The van der Waals surface area contributed by atoms with Gasteiger partial charge in [0.2, 0.25) is 5.91 Å². The summed E-state index contributed by atoms with van der Waals surface area (Å²) < 4.78 is 0. The Balaban J connectivity index is 2.29. The highest BCUT2D eigenvalue weighted by molar-refractivity contribution is 5.78. The number of nitrogens with zero attached hydrogens (tertiary/aromatic N) is 3. The molecule has 1 aliphatic rings. The molecule has 102 valence electrons. The van der Waals surface area contributed by atoms with Crippen molar-refractivity contribution < 1.29 is 4.79 Å². The van der Waals surface area contributed by atoms with Crippen molar-refractivity contribution in [3.8, 4) is 6.07 Å². The molecule has 1 aliphatic heterocycles. The van der Waals surface area contributed by atoms with Crippen LogP contribution in [0.1, 0.15) is 20.3 Å². The number of carbonyl (C=O) groups excluding carboxylic acids is 1. The molecule has 1 N–H and O–H groups in total. The quantitative estimate of drug-likeness (QED) is 0.764. The van der Waals surface area contributed by atoms with Crippen LogP contribution in [0.3, 0.4) is 0 Å². The summed E-state index contributed by atoms with van der Waals surface area (Å²) in [5.74, 6) is 0.189. The summed E-state index contributed by atoms with van der Waals surface area (Å²) in [6, 6.07) is 2.28. The highest BCUT2D eigenvalue weighted by Crippen LogP contribution is 2.18. The van der Waals surface area contributed by atoms with Gasteiger partial charge < -0.3 is 10.2 Å². The van der Waals surface area contributed by atoms with Crippen molar-refractivity contribution in [2.24, 2.45) is 5.41 Å². The lowest BCUT2D eigenvalue weighted by atomic mass is 9.91. The SMILES string of the molecule is CN(CCC(C)(C)C#N)CC(=O)N1CCNCC1. The van der Waals surface area contributed by atoms with Crippen molar-refractivity contribution in [3.63, 3.8) is 0 Å². The maximum Gasteiger partial charge on any atom is 0.236 e. The van der Waals surface area contributed by atoms with Gasteiger partial charge in [0.15, 0.2) is 0 Å². The molecule has 1 rings (SSSR count). The molecule has 0 unspecified atom stereocenters. The van der Waals surface area contributed by atoms with Gasteiger partial charge in [-0.05, 0) is 33.9 Å². The number of piperazine rings is 1. The first-order chi connectivity index (χ1) is 8.44. The van der Waals surface area contributed by atoms with Gasteiger partial charge in [0.25, 0.3) is 0 Å². The highest BCUT2D eigenvalue weighted by atomic mass is 16.2. The van der Waals surface area contributed by atoms with Gasteiger partial charge >= 0.3 is 0 Å². The van der Waals surface area contributed by atoms with Crippen molar-refractivity contribution >= 4 is 5.91 Å². The monoisotopic (exact) mass is 252 g/mol. The van der Waals surface area contributed by atoms with E-state index in [9.17, 15) is 4.79 Å². The van der Waals surface area contributed by atoms with Crippen LogP contribution in [0, 0.1) is 16.7 Å². The predicted octanol–water partition coefficient (Wildman–Crippen LogP) is 0.290. The summed E-state index contributed by atoms with van der Waals surface area (Å²) in [4.78, 5) is 15.9. The second-order valence-electron chi connectivity index (χ2n) is 5.61. The predicted molar refractivity (Wildman–Crippen MR) is 71.0 cm³/mol. The zero-order chi connectivity index (χ0) is 13.6. The van der Waals surface area contributed by atoms with Crippen LogP contribution in [0.4, 0.5) is 0 Å². The lowest BCUT2D eigenvalue weighted by Gasteiger charge is -2.29. The molecule has 1 saturated heterocycles. The fraction of sp³-hybridized carbons (Fsp3) is 0.846. The van der Waals surface area contributed by atoms with Gasteiger partial charge in [-0.1, -0.05) is 0 Å². The molecule has 0 saturated carbocycles. The van der Waals surface area contributed by atoms with E-state index in [4.69, 9.17) is 5.26 Å². The van der Waals surface area contributed by atoms with Crippen molar-refractivity contribution in [1.29, 1.82) is 5.26 Å². The molecule has 0 radical (unpaired) electrons. The van der Waals surface area contributed by atoms with Gasteiger partial charge in [-0.2, -0.15) is 5.26 Å². The van der Waals surface area contributed by atoms with Gasteiger partial charge in [0, 0.05) is 26.2 Å². The molecule has 0 aromatic rings. The molecule has 0 spiro atoms. The second kappa shape index (κ2) is 6.72. The summed E-state index contributed by atoms with van der Waals surface area (Å²) in [6.45, 7) is 8.46. The van der Waals surface area contributed by atoms with Crippen LogP contribution in [-0.4, -0.2) is 62.0 Å². The summed E-state index contributed by atoms with van der Waals surface area (Å²) in [7, 11) is 1.94. The molecule has 0 atom stereocenters. The molecule has 5 nitrogen and oxygen atoms in total.